The molecule has 0 spiro atoms. The molecule has 0 aromatic heterocycles. The zero-order valence-electron chi connectivity index (χ0n) is 18.3. The standard InChI is InChI=1S/C23H33F2N3O3S/c24-17-5-6-21(25)20(9-17)23-22(26)10-18(14-31-23)27-8-7-15-12-28(13-16(15)11-27)32(29,30)19-3-1-2-4-19/h5-6,9,15-16,18-19,22-23H,1-4,7-8,10-14,26H2. The van der Waals surface area contributed by atoms with Gasteiger partial charge in [0.2, 0.25) is 10.0 Å². The Bertz CT molecular complexity index is 940. The summed E-state index contributed by atoms with van der Waals surface area (Å²) in [6.45, 7) is 3.39. The molecule has 6 nitrogen and oxygen atoms in total. The lowest BCUT2D eigenvalue weighted by atomic mass is 9.86. The van der Waals surface area contributed by atoms with Gasteiger partial charge in [-0.3, -0.25) is 4.90 Å². The molecule has 1 aromatic rings. The lowest BCUT2D eigenvalue weighted by Crippen LogP contribution is -2.53. The third-order valence-electron chi connectivity index (χ3n) is 8.06. The fourth-order valence-electron chi connectivity index (χ4n) is 6.24. The molecule has 9 heteroatoms. The van der Waals surface area contributed by atoms with Crippen molar-refractivity contribution in [3.63, 3.8) is 0 Å². The zero-order valence-corrected chi connectivity index (χ0v) is 19.2. The number of benzene rings is 1. The van der Waals surface area contributed by atoms with Crippen LogP contribution in [0.2, 0.25) is 0 Å². The molecule has 5 rings (SSSR count). The van der Waals surface area contributed by atoms with Crippen LogP contribution in [-0.4, -0.2) is 67.7 Å². The third kappa shape index (κ3) is 4.22. The van der Waals surface area contributed by atoms with Gasteiger partial charge in [-0.05, 0) is 62.3 Å². The fourth-order valence-corrected chi connectivity index (χ4v) is 8.39. The Morgan fingerprint density at radius 1 is 1.03 bits per heavy atom. The van der Waals surface area contributed by atoms with Crippen LogP contribution in [0.3, 0.4) is 0 Å². The third-order valence-corrected chi connectivity index (χ3v) is 10.4. The van der Waals surface area contributed by atoms with Crippen molar-refractivity contribution in [2.75, 3.05) is 32.8 Å². The Morgan fingerprint density at radius 3 is 2.53 bits per heavy atom. The summed E-state index contributed by atoms with van der Waals surface area (Å²) in [5.74, 6) is -0.260. The van der Waals surface area contributed by atoms with E-state index in [0.717, 1.165) is 57.3 Å². The highest BCUT2D eigenvalue weighted by Crippen LogP contribution is 2.38. The van der Waals surface area contributed by atoms with E-state index in [2.05, 4.69) is 4.90 Å². The van der Waals surface area contributed by atoms with E-state index in [-0.39, 0.29) is 16.9 Å². The number of hydrogen-bond donors (Lipinski definition) is 1. The number of nitrogens with two attached hydrogens (primary N) is 1. The lowest BCUT2D eigenvalue weighted by Gasteiger charge is -2.44. The molecule has 3 aliphatic heterocycles. The normalized spacial score (nSPS) is 35.3. The quantitative estimate of drug-likeness (QED) is 0.734. The smallest absolute Gasteiger partial charge is 0.216 e. The first-order chi connectivity index (χ1) is 15.3. The van der Waals surface area contributed by atoms with Crippen molar-refractivity contribution in [3.05, 3.63) is 35.4 Å². The molecule has 0 radical (unpaired) electrons. The predicted molar refractivity (Wildman–Crippen MR) is 117 cm³/mol. The van der Waals surface area contributed by atoms with Crippen LogP contribution in [-0.2, 0) is 14.8 Å². The first kappa shape index (κ1) is 22.7. The van der Waals surface area contributed by atoms with E-state index in [0.29, 0.717) is 38.0 Å². The number of hydrogen-bond acceptors (Lipinski definition) is 5. The molecule has 3 heterocycles. The van der Waals surface area contributed by atoms with E-state index in [1.807, 2.05) is 0 Å². The van der Waals surface area contributed by atoms with Gasteiger partial charge in [0.1, 0.15) is 17.7 Å². The second kappa shape index (κ2) is 8.91. The Kier molecular flexibility index (Phi) is 6.30. The molecule has 2 N–H and O–H groups in total. The van der Waals surface area contributed by atoms with Gasteiger partial charge in [-0.1, -0.05) is 12.8 Å². The zero-order chi connectivity index (χ0) is 22.5. The number of sulfonamides is 1. The monoisotopic (exact) mass is 469 g/mol. The average molecular weight is 470 g/mol. The molecule has 0 bridgehead atoms. The summed E-state index contributed by atoms with van der Waals surface area (Å²) >= 11 is 0. The van der Waals surface area contributed by atoms with Crippen LogP contribution in [0.4, 0.5) is 8.78 Å². The van der Waals surface area contributed by atoms with Crippen LogP contribution < -0.4 is 5.73 Å². The number of rotatable bonds is 4. The largest absolute Gasteiger partial charge is 0.370 e. The highest BCUT2D eigenvalue weighted by molar-refractivity contribution is 7.89. The number of halogens is 2. The molecule has 1 aromatic carbocycles. The minimum atomic E-state index is -3.19. The number of fused-ring (bicyclic) bond motifs is 1. The van der Waals surface area contributed by atoms with E-state index in [1.165, 1.54) is 6.07 Å². The summed E-state index contributed by atoms with van der Waals surface area (Å²) in [6.07, 6.45) is 4.58. The van der Waals surface area contributed by atoms with Crippen molar-refractivity contribution < 1.29 is 21.9 Å². The van der Waals surface area contributed by atoms with E-state index < -0.39 is 33.8 Å². The highest BCUT2D eigenvalue weighted by atomic mass is 32.2. The maximum Gasteiger partial charge on any atom is 0.216 e. The molecule has 1 aliphatic carbocycles. The first-order valence-corrected chi connectivity index (χ1v) is 13.4. The molecule has 4 aliphatic rings. The van der Waals surface area contributed by atoms with E-state index in [1.54, 1.807) is 4.31 Å². The van der Waals surface area contributed by atoms with Crippen molar-refractivity contribution >= 4 is 10.0 Å². The SMILES string of the molecule is NC1CC(N2CCC3CN(S(=O)(=O)C4CCCC4)CC3C2)COC1c1cc(F)ccc1F. The van der Waals surface area contributed by atoms with Crippen LogP contribution in [0.25, 0.3) is 0 Å². The van der Waals surface area contributed by atoms with Crippen LogP contribution in [0, 0.1) is 23.5 Å². The molecule has 3 saturated heterocycles. The second-order valence-corrected chi connectivity index (χ2v) is 12.3. The van der Waals surface area contributed by atoms with Gasteiger partial charge in [0.15, 0.2) is 0 Å². The molecule has 5 atom stereocenters. The maximum atomic E-state index is 14.2. The van der Waals surface area contributed by atoms with Crippen molar-refractivity contribution in [2.24, 2.45) is 17.6 Å². The molecule has 178 valence electrons. The van der Waals surface area contributed by atoms with Gasteiger partial charge in [0.05, 0.1) is 11.9 Å². The van der Waals surface area contributed by atoms with Crippen molar-refractivity contribution in [2.45, 2.75) is 62.0 Å². The molecular formula is C23H33F2N3O3S. The number of nitrogens with zero attached hydrogens (tertiary/aromatic N) is 2. The van der Waals surface area contributed by atoms with E-state index in [9.17, 15) is 17.2 Å². The van der Waals surface area contributed by atoms with Gasteiger partial charge in [0, 0.05) is 37.3 Å². The Balaban J connectivity index is 1.20. The van der Waals surface area contributed by atoms with Crippen LogP contribution >= 0.6 is 0 Å². The minimum absolute atomic E-state index is 0.110. The lowest BCUT2D eigenvalue weighted by molar-refractivity contribution is -0.0616. The predicted octanol–water partition coefficient (Wildman–Crippen LogP) is 2.65. The summed E-state index contributed by atoms with van der Waals surface area (Å²) in [5.41, 5.74) is 6.53. The maximum absolute atomic E-state index is 14.2. The molecule has 1 saturated carbocycles. The van der Waals surface area contributed by atoms with Crippen molar-refractivity contribution in [1.82, 2.24) is 9.21 Å². The summed E-state index contributed by atoms with van der Waals surface area (Å²) in [5, 5.41) is -0.191. The first-order valence-electron chi connectivity index (χ1n) is 11.9. The number of likely N-dealkylation sites (tertiary alicyclic amines) is 1. The molecule has 5 unspecified atom stereocenters. The summed E-state index contributed by atoms with van der Waals surface area (Å²) in [7, 11) is -3.19. The Labute approximate surface area is 189 Å². The molecule has 32 heavy (non-hydrogen) atoms. The van der Waals surface area contributed by atoms with Gasteiger partial charge in [0.25, 0.3) is 0 Å². The van der Waals surface area contributed by atoms with Gasteiger partial charge in [-0.15, -0.1) is 0 Å². The number of ether oxygens (including phenoxy) is 1. The van der Waals surface area contributed by atoms with Crippen molar-refractivity contribution in [1.29, 1.82) is 0 Å². The summed E-state index contributed by atoms with van der Waals surface area (Å²) in [4.78, 5) is 2.37. The van der Waals surface area contributed by atoms with E-state index >= 15 is 0 Å². The molecule has 4 fully saturated rings. The second-order valence-electron chi connectivity index (χ2n) is 10.0. The molecule has 0 amide bonds. The topological polar surface area (TPSA) is 75.9 Å². The number of piperidine rings is 1. The highest BCUT2D eigenvalue weighted by Gasteiger charge is 2.46. The molecular weight excluding hydrogens is 436 g/mol. The van der Waals surface area contributed by atoms with Gasteiger partial charge in [-0.25, -0.2) is 21.5 Å². The van der Waals surface area contributed by atoms with Crippen molar-refractivity contribution in [3.8, 4) is 0 Å². The Morgan fingerprint density at radius 2 is 1.78 bits per heavy atom. The Hall–Kier alpha value is -1.13. The van der Waals surface area contributed by atoms with Crippen LogP contribution in [0.1, 0.15) is 50.2 Å². The summed E-state index contributed by atoms with van der Waals surface area (Å²) in [6, 6.07) is 3.06. The summed E-state index contributed by atoms with van der Waals surface area (Å²) < 4.78 is 61.6. The van der Waals surface area contributed by atoms with Gasteiger partial charge >= 0.3 is 0 Å². The fraction of sp³-hybridized carbons (Fsp3) is 0.739. The van der Waals surface area contributed by atoms with E-state index in [4.69, 9.17) is 10.5 Å². The average Bonchev–Trinajstić information content (AvgIpc) is 3.46. The van der Waals surface area contributed by atoms with Gasteiger partial charge in [-0.2, -0.15) is 0 Å². The van der Waals surface area contributed by atoms with Gasteiger partial charge < -0.3 is 10.5 Å². The van der Waals surface area contributed by atoms with Crippen LogP contribution in [0.5, 0.6) is 0 Å². The van der Waals surface area contributed by atoms with Crippen LogP contribution in [0.15, 0.2) is 18.2 Å². The minimum Gasteiger partial charge on any atom is -0.370 e.